The van der Waals surface area contributed by atoms with E-state index in [1.807, 2.05) is 6.07 Å². The summed E-state index contributed by atoms with van der Waals surface area (Å²) in [6, 6.07) is 4.90. The van der Waals surface area contributed by atoms with Crippen LogP contribution in [0, 0.1) is 0 Å². The van der Waals surface area contributed by atoms with Crippen LogP contribution in [-0.4, -0.2) is 59.2 Å². The van der Waals surface area contributed by atoms with Gasteiger partial charge in [0, 0.05) is 31.4 Å². The fourth-order valence-electron chi connectivity index (χ4n) is 3.82. The van der Waals surface area contributed by atoms with Crippen molar-refractivity contribution >= 4 is 29.3 Å². The van der Waals surface area contributed by atoms with E-state index in [9.17, 15) is 9.59 Å². The summed E-state index contributed by atoms with van der Waals surface area (Å²) in [4.78, 5) is 32.9. The highest BCUT2D eigenvalue weighted by molar-refractivity contribution is 8.00. The van der Waals surface area contributed by atoms with Crippen LogP contribution in [0.5, 0.6) is 0 Å². The molecule has 142 valence electrons. The van der Waals surface area contributed by atoms with E-state index in [-0.39, 0.29) is 18.4 Å². The van der Waals surface area contributed by atoms with Crippen LogP contribution in [0.15, 0.2) is 23.4 Å². The Kier molecular flexibility index (Phi) is 6.53. The second-order valence-corrected chi connectivity index (χ2v) is 8.13. The van der Waals surface area contributed by atoms with Gasteiger partial charge < -0.3 is 5.32 Å². The Labute approximate surface area is 159 Å². The normalized spacial score (nSPS) is 23.6. The Morgan fingerprint density at radius 2 is 2.12 bits per heavy atom. The third-order valence-corrected chi connectivity index (χ3v) is 6.25. The molecule has 0 unspecified atom stereocenters. The van der Waals surface area contributed by atoms with Crippen LogP contribution in [-0.2, 0) is 9.59 Å². The lowest BCUT2D eigenvalue weighted by Crippen LogP contribution is -2.46. The molecule has 1 fully saturated rings. The van der Waals surface area contributed by atoms with E-state index in [1.54, 1.807) is 17.2 Å². The standard InChI is InChI=1S/C19H28N4O2S/c1-14-6-3-7-15(2)22(14)11-5-10-20-17(24)12-23-16-8-4-9-21-19(16)26-13-18(23)25/h4,8-9,14-15H,3,5-7,10-13H2,1-2H3,(H,20,24)/t14-,15+. The lowest BCUT2D eigenvalue weighted by Gasteiger charge is -2.39. The maximum Gasteiger partial charge on any atom is 0.240 e. The van der Waals surface area contributed by atoms with Crippen molar-refractivity contribution in [1.29, 1.82) is 0 Å². The molecule has 2 aliphatic rings. The van der Waals surface area contributed by atoms with Crippen molar-refractivity contribution in [3.63, 3.8) is 0 Å². The lowest BCUT2D eigenvalue weighted by atomic mass is 9.97. The zero-order chi connectivity index (χ0) is 18.5. The zero-order valence-corrected chi connectivity index (χ0v) is 16.4. The molecule has 6 nitrogen and oxygen atoms in total. The summed E-state index contributed by atoms with van der Waals surface area (Å²) in [6.45, 7) is 6.30. The number of piperidine rings is 1. The molecular formula is C19H28N4O2S. The van der Waals surface area contributed by atoms with Crippen LogP contribution in [0.1, 0.15) is 39.5 Å². The summed E-state index contributed by atoms with van der Waals surface area (Å²) in [5.41, 5.74) is 0.736. The Morgan fingerprint density at radius 3 is 2.88 bits per heavy atom. The number of fused-ring (bicyclic) bond motifs is 1. The summed E-state index contributed by atoms with van der Waals surface area (Å²) in [5.74, 6) is 0.184. The van der Waals surface area contributed by atoms with Crippen molar-refractivity contribution in [3.8, 4) is 0 Å². The molecule has 26 heavy (non-hydrogen) atoms. The minimum Gasteiger partial charge on any atom is -0.355 e. The van der Waals surface area contributed by atoms with Gasteiger partial charge in [0.1, 0.15) is 11.6 Å². The highest BCUT2D eigenvalue weighted by Gasteiger charge is 2.27. The Morgan fingerprint density at radius 1 is 1.35 bits per heavy atom. The van der Waals surface area contributed by atoms with Gasteiger partial charge in [0.2, 0.25) is 11.8 Å². The molecule has 1 aromatic rings. The highest BCUT2D eigenvalue weighted by Crippen LogP contribution is 2.32. The van der Waals surface area contributed by atoms with E-state index < -0.39 is 0 Å². The minimum atomic E-state index is -0.111. The number of carbonyl (C=O) groups is 2. The van der Waals surface area contributed by atoms with Crippen molar-refractivity contribution in [1.82, 2.24) is 15.2 Å². The lowest BCUT2D eigenvalue weighted by molar-refractivity contribution is -0.123. The summed E-state index contributed by atoms with van der Waals surface area (Å²) in [5, 5.41) is 3.78. The molecule has 0 aliphatic carbocycles. The van der Waals surface area contributed by atoms with E-state index in [4.69, 9.17) is 0 Å². The van der Waals surface area contributed by atoms with Crippen LogP contribution >= 0.6 is 11.8 Å². The van der Waals surface area contributed by atoms with Crippen LogP contribution in [0.2, 0.25) is 0 Å². The second-order valence-electron chi connectivity index (χ2n) is 7.17. The molecule has 2 aliphatic heterocycles. The van der Waals surface area contributed by atoms with Gasteiger partial charge >= 0.3 is 0 Å². The number of rotatable bonds is 6. The van der Waals surface area contributed by atoms with Gasteiger partial charge in [-0.05, 0) is 45.2 Å². The van der Waals surface area contributed by atoms with Crippen LogP contribution < -0.4 is 10.2 Å². The third-order valence-electron chi connectivity index (χ3n) is 5.27. The topological polar surface area (TPSA) is 65.5 Å². The number of thioether (sulfide) groups is 1. The summed E-state index contributed by atoms with van der Waals surface area (Å²) < 4.78 is 0. The smallest absolute Gasteiger partial charge is 0.240 e. The second kappa shape index (κ2) is 8.86. The first kappa shape index (κ1) is 19.2. The summed E-state index contributed by atoms with van der Waals surface area (Å²) in [6.07, 6.45) is 6.48. The van der Waals surface area contributed by atoms with Gasteiger partial charge in [0.25, 0.3) is 0 Å². The summed E-state index contributed by atoms with van der Waals surface area (Å²) >= 11 is 1.43. The van der Waals surface area contributed by atoms with Gasteiger partial charge in [-0.15, -0.1) is 0 Å². The van der Waals surface area contributed by atoms with Crippen molar-refractivity contribution in [3.05, 3.63) is 18.3 Å². The van der Waals surface area contributed by atoms with Gasteiger partial charge in [-0.25, -0.2) is 4.98 Å². The van der Waals surface area contributed by atoms with E-state index in [2.05, 4.69) is 29.0 Å². The number of amides is 2. The molecular weight excluding hydrogens is 348 g/mol. The number of hydrogen-bond donors (Lipinski definition) is 1. The predicted octanol–water partition coefficient (Wildman–Crippen LogP) is 2.29. The van der Waals surface area contributed by atoms with E-state index in [0.29, 0.717) is 24.4 Å². The average Bonchev–Trinajstić information content (AvgIpc) is 2.63. The average molecular weight is 377 g/mol. The van der Waals surface area contributed by atoms with E-state index >= 15 is 0 Å². The number of anilines is 1. The highest BCUT2D eigenvalue weighted by atomic mass is 32.2. The number of pyridine rings is 1. The SMILES string of the molecule is C[C@@H]1CCC[C@H](C)N1CCCNC(=O)CN1C(=O)CSc2ncccc21. The minimum absolute atomic E-state index is 0.0402. The molecule has 2 atom stereocenters. The number of likely N-dealkylation sites (tertiary alicyclic amines) is 1. The third kappa shape index (κ3) is 4.57. The molecule has 0 radical (unpaired) electrons. The monoisotopic (exact) mass is 376 g/mol. The molecule has 0 saturated carbocycles. The van der Waals surface area contributed by atoms with Crippen LogP contribution in [0.4, 0.5) is 5.69 Å². The maximum atomic E-state index is 12.3. The predicted molar refractivity (Wildman–Crippen MR) is 104 cm³/mol. The molecule has 3 rings (SSSR count). The molecule has 2 amide bonds. The fourth-order valence-corrected chi connectivity index (χ4v) is 4.70. The van der Waals surface area contributed by atoms with Crippen molar-refractivity contribution in [2.45, 2.75) is 56.6 Å². The van der Waals surface area contributed by atoms with Gasteiger partial charge in [-0.1, -0.05) is 18.2 Å². The molecule has 7 heteroatoms. The fraction of sp³-hybridized carbons (Fsp3) is 0.632. The molecule has 3 heterocycles. The Hall–Kier alpha value is -1.60. The molecule has 1 aromatic heterocycles. The Balaban J connectivity index is 1.45. The number of carbonyl (C=O) groups excluding carboxylic acids is 2. The first-order valence-corrected chi connectivity index (χ1v) is 10.5. The van der Waals surface area contributed by atoms with Crippen molar-refractivity contribution in [2.75, 3.05) is 30.3 Å². The molecule has 0 aromatic carbocycles. The molecule has 1 saturated heterocycles. The van der Waals surface area contributed by atoms with Crippen LogP contribution in [0.3, 0.4) is 0 Å². The van der Waals surface area contributed by atoms with Crippen molar-refractivity contribution in [2.24, 2.45) is 0 Å². The number of hydrogen-bond acceptors (Lipinski definition) is 5. The molecule has 1 N–H and O–H groups in total. The quantitative estimate of drug-likeness (QED) is 0.772. The molecule has 0 bridgehead atoms. The van der Waals surface area contributed by atoms with E-state index in [0.717, 1.165) is 23.7 Å². The molecule has 0 spiro atoms. The number of nitrogens with one attached hydrogen (secondary N) is 1. The van der Waals surface area contributed by atoms with E-state index in [1.165, 1.54) is 31.0 Å². The summed E-state index contributed by atoms with van der Waals surface area (Å²) in [7, 11) is 0. The van der Waals surface area contributed by atoms with Crippen molar-refractivity contribution < 1.29 is 9.59 Å². The zero-order valence-electron chi connectivity index (χ0n) is 15.6. The van der Waals surface area contributed by atoms with Gasteiger partial charge in [-0.3, -0.25) is 19.4 Å². The van der Waals surface area contributed by atoms with Gasteiger partial charge in [0.15, 0.2) is 0 Å². The first-order chi connectivity index (χ1) is 12.6. The number of nitrogens with zero attached hydrogens (tertiary/aromatic N) is 3. The maximum absolute atomic E-state index is 12.3. The largest absolute Gasteiger partial charge is 0.355 e. The first-order valence-electron chi connectivity index (χ1n) is 9.47. The van der Waals surface area contributed by atoms with Gasteiger partial charge in [-0.2, -0.15) is 0 Å². The Bertz CT molecular complexity index is 644. The van der Waals surface area contributed by atoms with Crippen LogP contribution in [0.25, 0.3) is 0 Å². The van der Waals surface area contributed by atoms with Gasteiger partial charge in [0.05, 0.1) is 11.4 Å². The number of aromatic nitrogens is 1.